The average Bonchev–Trinajstić information content (AvgIpc) is 3.50. The zero-order chi connectivity index (χ0) is 30.6. The van der Waals surface area contributed by atoms with Crippen LogP contribution in [0.3, 0.4) is 0 Å². The molecule has 0 bridgehead atoms. The largest absolute Gasteiger partial charge is 0.465 e. The highest BCUT2D eigenvalue weighted by Gasteiger charge is 2.69. The number of fused-ring (bicyclic) bond motifs is 3. The van der Waals surface area contributed by atoms with Crippen LogP contribution >= 0.6 is 23.2 Å². The molecule has 2 saturated heterocycles. The quantitative estimate of drug-likeness (QED) is 0.303. The van der Waals surface area contributed by atoms with Gasteiger partial charge in [0.25, 0.3) is 0 Å². The maximum absolute atomic E-state index is 14.4. The third kappa shape index (κ3) is 5.32. The van der Waals surface area contributed by atoms with Gasteiger partial charge in [-0.25, -0.2) is 10.2 Å². The van der Waals surface area contributed by atoms with Gasteiger partial charge >= 0.3 is 5.97 Å². The van der Waals surface area contributed by atoms with Crippen LogP contribution in [0.4, 0.5) is 5.69 Å². The summed E-state index contributed by atoms with van der Waals surface area (Å²) in [6.07, 6.45) is 4.76. The second kappa shape index (κ2) is 11.5. The molecular weight excluding hydrogens is 591 g/mol. The number of hydrazine groups is 1. The minimum atomic E-state index is -0.783. The van der Waals surface area contributed by atoms with Crippen LogP contribution in [0.25, 0.3) is 0 Å². The Labute approximate surface area is 262 Å². The molecule has 1 amide bonds. The van der Waals surface area contributed by atoms with Gasteiger partial charge in [-0.05, 0) is 79.8 Å². The molecule has 1 saturated carbocycles. The fourth-order valence-electron chi connectivity index (χ4n) is 7.80. The Balaban J connectivity index is 1.49. The minimum Gasteiger partial charge on any atom is -0.465 e. The third-order valence-corrected chi connectivity index (χ3v) is 10.6. The fraction of sp³-hybridized carbons (Fsp3) is 0.562. The van der Waals surface area contributed by atoms with Crippen molar-refractivity contribution in [2.75, 3.05) is 25.7 Å². The van der Waals surface area contributed by atoms with Crippen LogP contribution < -0.4 is 21.5 Å². The highest BCUT2D eigenvalue weighted by atomic mass is 35.5. The van der Waals surface area contributed by atoms with Gasteiger partial charge in [-0.3, -0.25) is 10.1 Å². The van der Waals surface area contributed by atoms with Crippen molar-refractivity contribution in [1.82, 2.24) is 16.1 Å². The monoisotopic (exact) mass is 630 g/mol. The number of amides is 1. The van der Waals surface area contributed by atoms with E-state index in [0.29, 0.717) is 35.1 Å². The van der Waals surface area contributed by atoms with Crippen molar-refractivity contribution in [3.63, 3.8) is 0 Å². The summed E-state index contributed by atoms with van der Waals surface area (Å²) in [6.45, 7) is 4.89. The van der Waals surface area contributed by atoms with Crippen LogP contribution in [-0.2, 0) is 19.8 Å². The van der Waals surface area contributed by atoms with Gasteiger partial charge in [0.05, 0.1) is 55.3 Å². The lowest BCUT2D eigenvalue weighted by Crippen LogP contribution is -2.63. The van der Waals surface area contributed by atoms with Crippen molar-refractivity contribution in [1.29, 1.82) is 0 Å². The summed E-state index contributed by atoms with van der Waals surface area (Å²) in [4.78, 5) is 27.1. The molecule has 1 aliphatic carbocycles. The van der Waals surface area contributed by atoms with Gasteiger partial charge < -0.3 is 25.3 Å². The number of nitrogens with one attached hydrogen (secondary N) is 4. The third-order valence-electron chi connectivity index (χ3n) is 10.1. The molecule has 1 unspecified atom stereocenters. The summed E-state index contributed by atoms with van der Waals surface area (Å²) in [5.41, 5.74) is 8.89. The van der Waals surface area contributed by atoms with Crippen LogP contribution in [0, 0.1) is 5.41 Å². The number of methoxy groups -OCH3 is 1. The van der Waals surface area contributed by atoms with E-state index in [2.05, 4.69) is 35.3 Å². The number of aliphatic hydroxyl groups excluding tert-OH is 1. The number of hydrogen-bond donors (Lipinski definition) is 5. The van der Waals surface area contributed by atoms with Crippen LogP contribution in [0.2, 0.25) is 10.0 Å². The van der Waals surface area contributed by atoms with Gasteiger partial charge in [-0.15, -0.1) is 0 Å². The summed E-state index contributed by atoms with van der Waals surface area (Å²) in [6, 6.07) is 10.2. The van der Waals surface area contributed by atoms with Crippen molar-refractivity contribution in [3.8, 4) is 0 Å². The molecule has 6 rings (SSSR count). The van der Waals surface area contributed by atoms with Crippen LogP contribution in [0.5, 0.6) is 0 Å². The van der Waals surface area contributed by atoms with Crippen molar-refractivity contribution >= 4 is 40.8 Å². The van der Waals surface area contributed by atoms with Crippen molar-refractivity contribution in [2.45, 2.75) is 87.6 Å². The first-order valence-corrected chi connectivity index (χ1v) is 15.8. The second-order valence-corrected chi connectivity index (χ2v) is 14.2. The van der Waals surface area contributed by atoms with E-state index in [-0.39, 0.29) is 30.1 Å². The first-order valence-electron chi connectivity index (χ1n) is 15.0. The molecule has 43 heavy (non-hydrogen) atoms. The first kappa shape index (κ1) is 30.6. The molecule has 2 spiro atoms. The number of esters is 1. The second-order valence-electron chi connectivity index (χ2n) is 13.3. The Kier molecular flexibility index (Phi) is 8.20. The number of rotatable bonds is 5. The molecule has 11 heteroatoms. The Morgan fingerprint density at radius 2 is 1.84 bits per heavy atom. The van der Waals surface area contributed by atoms with E-state index in [9.17, 15) is 14.7 Å². The lowest BCUT2D eigenvalue weighted by molar-refractivity contribution is -0.126. The van der Waals surface area contributed by atoms with Crippen LogP contribution in [0.1, 0.15) is 79.8 Å². The first-order chi connectivity index (χ1) is 20.5. The highest BCUT2D eigenvalue weighted by molar-refractivity contribution is 6.31. The number of benzene rings is 2. The maximum atomic E-state index is 14.4. The molecular formula is C32H40Cl2N4O5. The molecule has 0 radical (unpaired) electrons. The Morgan fingerprint density at radius 1 is 1.07 bits per heavy atom. The predicted octanol–water partition coefficient (Wildman–Crippen LogP) is 4.66. The van der Waals surface area contributed by atoms with Crippen molar-refractivity contribution in [2.24, 2.45) is 5.41 Å². The molecule has 4 aliphatic rings. The number of carbonyl (C=O) groups excluding carboxylic acids is 2. The molecule has 232 valence electrons. The molecule has 9 nitrogen and oxygen atoms in total. The smallest absolute Gasteiger partial charge is 0.337 e. The number of aliphatic hydroxyl groups is 1. The summed E-state index contributed by atoms with van der Waals surface area (Å²) in [5.74, 6) is -1.12. The Bertz CT molecular complexity index is 1400. The molecule has 3 fully saturated rings. The standard InChI is InChI=1S/C32H40Cl2N4O5/c1-30(2)8-10-31(11-9-30)32(24-7-4-20(33)15-25(24)37-38-32)26(18-12-19(29(41)42-3)14-21(34)13-18)27(36-31)28(40)35-22-5-6-23(16-39)43-17-22/h4,7,12-15,22-23,26-27,36-39H,5-6,8-11,16-17H2,1-3H3,(H,35,40)/t22?,23-,26-,27+,32-/m0/s1. The van der Waals surface area contributed by atoms with Crippen LogP contribution in [-0.4, -0.2) is 61.0 Å². The molecule has 2 aromatic rings. The van der Waals surface area contributed by atoms with Gasteiger partial charge in [0.2, 0.25) is 5.91 Å². The van der Waals surface area contributed by atoms with E-state index < -0.39 is 29.0 Å². The lowest BCUT2D eigenvalue weighted by Gasteiger charge is -2.51. The summed E-state index contributed by atoms with van der Waals surface area (Å²) < 4.78 is 10.8. The molecule has 0 aromatic heterocycles. The maximum Gasteiger partial charge on any atom is 0.337 e. The molecule has 3 aliphatic heterocycles. The molecule has 5 N–H and O–H groups in total. The van der Waals surface area contributed by atoms with Crippen LogP contribution in [0.15, 0.2) is 36.4 Å². The Hall–Kier alpha value is -2.40. The van der Waals surface area contributed by atoms with Gasteiger partial charge in [0.1, 0.15) is 0 Å². The zero-order valence-electron chi connectivity index (χ0n) is 24.8. The predicted molar refractivity (Wildman–Crippen MR) is 165 cm³/mol. The average molecular weight is 632 g/mol. The van der Waals surface area contributed by atoms with Crippen molar-refractivity contribution in [3.05, 3.63) is 63.1 Å². The van der Waals surface area contributed by atoms with E-state index in [1.807, 2.05) is 24.3 Å². The summed E-state index contributed by atoms with van der Waals surface area (Å²) in [7, 11) is 1.34. The van der Waals surface area contributed by atoms with E-state index in [4.69, 9.17) is 32.7 Å². The Morgan fingerprint density at radius 3 is 2.51 bits per heavy atom. The van der Waals surface area contributed by atoms with E-state index in [1.165, 1.54) is 7.11 Å². The number of anilines is 1. The number of carbonyl (C=O) groups is 2. The highest BCUT2D eigenvalue weighted by Crippen LogP contribution is 2.61. The fourth-order valence-corrected chi connectivity index (χ4v) is 8.21. The molecule has 5 atom stereocenters. The molecule has 3 heterocycles. The van der Waals surface area contributed by atoms with Gasteiger partial charge in [-0.1, -0.05) is 43.1 Å². The summed E-state index contributed by atoms with van der Waals surface area (Å²) in [5, 5.41) is 17.6. The van der Waals surface area contributed by atoms with E-state index in [1.54, 1.807) is 12.1 Å². The van der Waals surface area contributed by atoms with Crippen molar-refractivity contribution < 1.29 is 24.2 Å². The lowest BCUT2D eigenvalue weighted by atomic mass is 9.58. The topological polar surface area (TPSA) is 121 Å². The number of ether oxygens (including phenoxy) is 2. The van der Waals surface area contributed by atoms with Gasteiger partial charge in [0.15, 0.2) is 0 Å². The zero-order valence-corrected chi connectivity index (χ0v) is 26.3. The van der Waals surface area contributed by atoms with E-state index >= 15 is 0 Å². The minimum absolute atomic E-state index is 0.0340. The van der Waals surface area contributed by atoms with Gasteiger partial charge in [0, 0.05) is 27.1 Å². The molecule has 2 aromatic carbocycles. The number of halogens is 2. The normalized spacial score (nSPS) is 30.6. The SMILES string of the molecule is COC(=O)c1cc(Cl)cc([C@H]2[C@H](C(=O)NC3CC[C@@H](CO)OC3)NC3(CCC(C)(C)CC3)[C@@]23NNc2cc(Cl)ccc23)c1. The summed E-state index contributed by atoms with van der Waals surface area (Å²) >= 11 is 13.1. The number of hydrogen-bond acceptors (Lipinski definition) is 8. The van der Waals surface area contributed by atoms with Gasteiger partial charge in [-0.2, -0.15) is 0 Å². The van der Waals surface area contributed by atoms with E-state index in [0.717, 1.165) is 42.5 Å².